The van der Waals surface area contributed by atoms with E-state index in [2.05, 4.69) is 34.2 Å². The minimum atomic E-state index is 0.827. The van der Waals surface area contributed by atoms with Crippen molar-refractivity contribution in [1.29, 1.82) is 0 Å². The Morgan fingerprint density at radius 2 is 2.06 bits per heavy atom. The first kappa shape index (κ1) is 13.1. The van der Waals surface area contributed by atoms with Crippen molar-refractivity contribution in [3.05, 3.63) is 12.4 Å². The molecule has 1 N–H and O–H groups in total. The van der Waals surface area contributed by atoms with Gasteiger partial charge in [-0.2, -0.15) is 0 Å². The summed E-state index contributed by atoms with van der Waals surface area (Å²) < 4.78 is 0. The monoisotopic (exact) mass is 248 g/mol. The van der Waals surface area contributed by atoms with Gasteiger partial charge < -0.3 is 10.2 Å². The fraction of sp³-hybridized carbons (Fsp3) is 0.714. The molecule has 1 fully saturated rings. The van der Waals surface area contributed by atoms with Gasteiger partial charge in [0.2, 0.25) is 0 Å². The number of hydrogen-bond donors (Lipinski definition) is 1. The maximum Gasteiger partial charge on any atom is 0.149 e. The van der Waals surface area contributed by atoms with Crippen molar-refractivity contribution in [1.82, 2.24) is 9.97 Å². The zero-order valence-corrected chi connectivity index (χ0v) is 11.5. The first-order valence-corrected chi connectivity index (χ1v) is 7.06. The van der Waals surface area contributed by atoms with E-state index >= 15 is 0 Å². The average molecular weight is 248 g/mol. The van der Waals surface area contributed by atoms with E-state index in [1.54, 1.807) is 6.20 Å². The predicted molar refractivity (Wildman–Crippen MR) is 76.0 cm³/mol. The molecule has 0 amide bonds. The van der Waals surface area contributed by atoms with E-state index < -0.39 is 0 Å². The lowest BCUT2D eigenvalue weighted by molar-refractivity contribution is 0.361. The maximum atomic E-state index is 4.58. The smallest absolute Gasteiger partial charge is 0.149 e. The van der Waals surface area contributed by atoms with Gasteiger partial charge in [0.25, 0.3) is 0 Å². The predicted octanol–water partition coefficient (Wildman–Crippen LogP) is 2.92. The third-order valence-corrected chi connectivity index (χ3v) is 3.63. The van der Waals surface area contributed by atoms with Gasteiger partial charge in [-0.15, -0.1) is 0 Å². The molecular weight excluding hydrogens is 224 g/mol. The van der Waals surface area contributed by atoms with Crippen molar-refractivity contribution in [2.45, 2.75) is 39.0 Å². The van der Waals surface area contributed by atoms with E-state index in [-0.39, 0.29) is 0 Å². The molecule has 18 heavy (non-hydrogen) atoms. The van der Waals surface area contributed by atoms with Crippen molar-refractivity contribution < 1.29 is 0 Å². The standard InChI is InChI=1S/C14H24N4/c1-3-16-13-9-15-10-14(17-13)18(2)11-12-7-5-4-6-8-12/h9-10,12H,3-8,11H2,1-2H3,(H,16,17). The molecule has 1 aliphatic rings. The minimum absolute atomic E-state index is 0.827. The van der Waals surface area contributed by atoms with Gasteiger partial charge in [0.1, 0.15) is 11.6 Å². The van der Waals surface area contributed by atoms with E-state index in [1.165, 1.54) is 32.1 Å². The zero-order chi connectivity index (χ0) is 12.8. The average Bonchev–Trinajstić information content (AvgIpc) is 2.40. The van der Waals surface area contributed by atoms with E-state index in [9.17, 15) is 0 Å². The summed E-state index contributed by atoms with van der Waals surface area (Å²) in [6, 6.07) is 0. The summed E-state index contributed by atoms with van der Waals surface area (Å²) in [5, 5.41) is 3.21. The first-order valence-electron chi connectivity index (χ1n) is 7.06. The molecule has 4 heteroatoms. The van der Waals surface area contributed by atoms with Crippen LogP contribution in [-0.4, -0.2) is 30.1 Å². The molecule has 0 radical (unpaired) electrons. The second-order valence-corrected chi connectivity index (χ2v) is 5.18. The summed E-state index contributed by atoms with van der Waals surface area (Å²) in [6.45, 7) is 4.05. The molecule has 0 spiro atoms. The summed E-state index contributed by atoms with van der Waals surface area (Å²) in [5.41, 5.74) is 0. The summed E-state index contributed by atoms with van der Waals surface area (Å²) in [7, 11) is 2.12. The quantitative estimate of drug-likeness (QED) is 0.870. The number of nitrogens with one attached hydrogen (secondary N) is 1. The van der Waals surface area contributed by atoms with Gasteiger partial charge in [0, 0.05) is 20.1 Å². The summed E-state index contributed by atoms with van der Waals surface area (Å²) >= 11 is 0. The van der Waals surface area contributed by atoms with Gasteiger partial charge >= 0.3 is 0 Å². The van der Waals surface area contributed by atoms with Crippen LogP contribution < -0.4 is 10.2 Å². The number of anilines is 2. The van der Waals surface area contributed by atoms with Gasteiger partial charge in [-0.1, -0.05) is 19.3 Å². The van der Waals surface area contributed by atoms with Crippen molar-refractivity contribution in [3.8, 4) is 0 Å². The van der Waals surface area contributed by atoms with Crippen LogP contribution in [0.2, 0.25) is 0 Å². The highest BCUT2D eigenvalue weighted by Crippen LogP contribution is 2.25. The van der Waals surface area contributed by atoms with Gasteiger partial charge in [-0.05, 0) is 25.7 Å². The van der Waals surface area contributed by atoms with E-state index in [0.29, 0.717) is 0 Å². The van der Waals surface area contributed by atoms with E-state index in [0.717, 1.165) is 30.6 Å². The Hall–Kier alpha value is -1.32. The van der Waals surface area contributed by atoms with Crippen LogP contribution in [0.15, 0.2) is 12.4 Å². The highest BCUT2D eigenvalue weighted by atomic mass is 15.2. The number of rotatable bonds is 5. The normalized spacial score (nSPS) is 16.6. The van der Waals surface area contributed by atoms with Crippen LogP contribution in [-0.2, 0) is 0 Å². The summed E-state index contributed by atoms with van der Waals surface area (Å²) in [4.78, 5) is 11.1. The molecule has 0 atom stereocenters. The molecule has 2 rings (SSSR count). The summed E-state index contributed by atoms with van der Waals surface area (Å²) in [5.74, 6) is 2.66. The van der Waals surface area contributed by atoms with Crippen LogP contribution in [0.4, 0.5) is 11.6 Å². The van der Waals surface area contributed by atoms with Crippen LogP contribution in [0.1, 0.15) is 39.0 Å². The van der Waals surface area contributed by atoms with Crippen LogP contribution >= 0.6 is 0 Å². The van der Waals surface area contributed by atoms with Gasteiger partial charge in [-0.3, -0.25) is 4.98 Å². The number of hydrogen-bond acceptors (Lipinski definition) is 4. The highest BCUT2D eigenvalue weighted by Gasteiger charge is 2.16. The zero-order valence-electron chi connectivity index (χ0n) is 11.5. The van der Waals surface area contributed by atoms with Crippen LogP contribution in [0.5, 0.6) is 0 Å². The lowest BCUT2D eigenvalue weighted by atomic mass is 9.89. The van der Waals surface area contributed by atoms with Crippen molar-refractivity contribution in [3.63, 3.8) is 0 Å². The van der Waals surface area contributed by atoms with Gasteiger partial charge in [0.05, 0.1) is 12.4 Å². The number of aromatic nitrogens is 2. The molecule has 0 saturated heterocycles. The molecular formula is C14H24N4. The molecule has 1 aliphatic carbocycles. The van der Waals surface area contributed by atoms with Crippen molar-refractivity contribution in [2.24, 2.45) is 5.92 Å². The van der Waals surface area contributed by atoms with Crippen molar-refractivity contribution in [2.75, 3.05) is 30.4 Å². The maximum absolute atomic E-state index is 4.58. The Labute approximate surface area is 110 Å². The lowest BCUT2D eigenvalue weighted by Gasteiger charge is -2.27. The Morgan fingerprint density at radius 3 is 2.78 bits per heavy atom. The lowest BCUT2D eigenvalue weighted by Crippen LogP contribution is -2.27. The van der Waals surface area contributed by atoms with E-state index in [4.69, 9.17) is 0 Å². The third-order valence-electron chi connectivity index (χ3n) is 3.63. The molecule has 0 unspecified atom stereocenters. The topological polar surface area (TPSA) is 41.1 Å². The fourth-order valence-electron chi connectivity index (χ4n) is 2.66. The van der Waals surface area contributed by atoms with Gasteiger partial charge in [-0.25, -0.2) is 4.98 Å². The van der Waals surface area contributed by atoms with Crippen LogP contribution in [0.25, 0.3) is 0 Å². The first-order chi connectivity index (χ1) is 8.79. The van der Waals surface area contributed by atoms with Crippen molar-refractivity contribution >= 4 is 11.6 Å². The molecule has 0 aliphatic heterocycles. The van der Waals surface area contributed by atoms with Crippen LogP contribution in [0, 0.1) is 5.92 Å². The molecule has 1 heterocycles. The SMILES string of the molecule is CCNc1cncc(N(C)CC2CCCCC2)n1. The molecule has 100 valence electrons. The van der Waals surface area contributed by atoms with Gasteiger partial charge in [0.15, 0.2) is 0 Å². The Balaban J connectivity index is 1.94. The molecule has 0 aromatic carbocycles. The molecule has 1 aromatic rings. The third kappa shape index (κ3) is 3.59. The van der Waals surface area contributed by atoms with Crippen LogP contribution in [0.3, 0.4) is 0 Å². The Morgan fingerprint density at radius 1 is 1.28 bits per heavy atom. The van der Waals surface area contributed by atoms with E-state index in [1.807, 2.05) is 6.20 Å². The minimum Gasteiger partial charge on any atom is -0.369 e. The summed E-state index contributed by atoms with van der Waals surface area (Å²) in [6.07, 6.45) is 10.6. The second-order valence-electron chi connectivity index (χ2n) is 5.18. The Bertz CT molecular complexity index is 361. The largest absolute Gasteiger partial charge is 0.369 e. The Kier molecular flexibility index (Phi) is 4.79. The molecule has 4 nitrogen and oxygen atoms in total. The second kappa shape index (κ2) is 6.57. The molecule has 0 bridgehead atoms. The highest BCUT2D eigenvalue weighted by molar-refractivity contribution is 5.43. The molecule has 1 saturated carbocycles. The molecule has 1 aromatic heterocycles. The fourth-order valence-corrected chi connectivity index (χ4v) is 2.66. The number of nitrogens with zero attached hydrogens (tertiary/aromatic N) is 3.